The summed E-state index contributed by atoms with van der Waals surface area (Å²) in [6.07, 6.45) is 1.71. The molecule has 1 heterocycles. The van der Waals surface area contributed by atoms with Gasteiger partial charge in [0.05, 0.1) is 11.0 Å². The molecule has 0 radical (unpaired) electrons. The van der Waals surface area contributed by atoms with Gasteiger partial charge < -0.3 is 0 Å². The zero-order chi connectivity index (χ0) is 13.9. The minimum atomic E-state index is -1.20. The van der Waals surface area contributed by atoms with E-state index in [2.05, 4.69) is 22.6 Å². The average Bonchev–Trinajstić information content (AvgIpc) is 2.84. The maximum atomic E-state index is 11.8. The lowest BCUT2D eigenvalue weighted by molar-refractivity contribution is 0.651. The molecule has 0 saturated carbocycles. The van der Waals surface area contributed by atoms with Gasteiger partial charge in [-0.3, -0.25) is 0 Å². The van der Waals surface area contributed by atoms with Crippen molar-refractivity contribution in [3.8, 4) is 10.4 Å². The van der Waals surface area contributed by atoms with Gasteiger partial charge in [-0.05, 0) is 38.5 Å². The van der Waals surface area contributed by atoms with Crippen LogP contribution < -0.4 is 0 Å². The molecule has 1 aromatic heterocycles. The zero-order valence-electron chi connectivity index (χ0n) is 11.3. The molecule has 4 heteroatoms. The first-order chi connectivity index (χ1) is 8.97. The largest absolute Gasteiger partial charge is 0.234 e. The summed E-state index contributed by atoms with van der Waals surface area (Å²) in [5.74, 6) is 0. The average molecular weight is 291 g/mol. The normalized spacial score (nSPS) is 13.8. The van der Waals surface area contributed by atoms with E-state index in [1.54, 1.807) is 17.6 Å². The topological polar surface area (TPSA) is 29.4 Å². The molecule has 0 fully saturated rings. The molecule has 2 nitrogen and oxygen atoms in total. The lowest BCUT2D eigenvalue weighted by atomic mass is 10.2. The molecule has 2 aromatic rings. The van der Waals surface area contributed by atoms with Gasteiger partial charge >= 0.3 is 0 Å². The standard InChI is InChI=1S/C15H17NOS2/c1-15(2,3)19(17)16-11-13-9-10-14(18-13)12-7-5-4-6-8-12/h4-11H,1-3H3/b16-11+/t19-/m0/s1. The van der Waals surface area contributed by atoms with Gasteiger partial charge in [0.1, 0.15) is 11.0 Å². The predicted molar refractivity (Wildman–Crippen MR) is 85.2 cm³/mol. The number of benzene rings is 1. The highest BCUT2D eigenvalue weighted by Crippen LogP contribution is 2.27. The first kappa shape index (κ1) is 14.2. The lowest BCUT2D eigenvalue weighted by Crippen LogP contribution is -2.19. The van der Waals surface area contributed by atoms with Crippen molar-refractivity contribution < 1.29 is 4.21 Å². The van der Waals surface area contributed by atoms with Crippen molar-refractivity contribution in [2.45, 2.75) is 25.5 Å². The molecule has 0 bridgehead atoms. The van der Waals surface area contributed by atoms with Gasteiger partial charge in [0.2, 0.25) is 0 Å². The van der Waals surface area contributed by atoms with E-state index in [0.29, 0.717) is 0 Å². The molecule has 0 N–H and O–H groups in total. The summed E-state index contributed by atoms with van der Waals surface area (Å²) in [6.45, 7) is 5.76. The van der Waals surface area contributed by atoms with Crippen LogP contribution in [-0.2, 0) is 11.0 Å². The van der Waals surface area contributed by atoms with E-state index in [0.717, 1.165) is 4.88 Å². The summed E-state index contributed by atoms with van der Waals surface area (Å²) >= 11 is 1.65. The summed E-state index contributed by atoms with van der Waals surface area (Å²) in [6, 6.07) is 14.3. The summed E-state index contributed by atoms with van der Waals surface area (Å²) in [4.78, 5) is 2.22. The van der Waals surface area contributed by atoms with Gasteiger partial charge in [0.25, 0.3) is 0 Å². The summed E-state index contributed by atoms with van der Waals surface area (Å²) in [5, 5.41) is 0. The Balaban J connectivity index is 2.15. The van der Waals surface area contributed by atoms with E-state index in [9.17, 15) is 4.21 Å². The highest BCUT2D eigenvalue weighted by molar-refractivity contribution is 7.85. The molecule has 1 aromatic carbocycles. The third-order valence-electron chi connectivity index (χ3n) is 2.48. The third-order valence-corrected chi connectivity index (χ3v) is 4.90. The van der Waals surface area contributed by atoms with E-state index >= 15 is 0 Å². The highest BCUT2D eigenvalue weighted by atomic mass is 32.2. The minimum absolute atomic E-state index is 0.310. The van der Waals surface area contributed by atoms with E-state index in [1.165, 1.54) is 10.4 Å². The second kappa shape index (κ2) is 5.80. The molecule has 0 spiro atoms. The number of thiophene rings is 1. The van der Waals surface area contributed by atoms with E-state index in [-0.39, 0.29) is 4.75 Å². The lowest BCUT2D eigenvalue weighted by Gasteiger charge is -2.12. The second-order valence-electron chi connectivity index (χ2n) is 5.16. The van der Waals surface area contributed by atoms with Crippen molar-refractivity contribution in [3.63, 3.8) is 0 Å². The van der Waals surface area contributed by atoms with Gasteiger partial charge in [0.15, 0.2) is 0 Å². The Morgan fingerprint density at radius 2 is 1.79 bits per heavy atom. The van der Waals surface area contributed by atoms with Crippen molar-refractivity contribution in [1.29, 1.82) is 0 Å². The fraction of sp³-hybridized carbons (Fsp3) is 0.267. The molecular formula is C15H17NOS2. The Hall–Kier alpha value is -1.26. The third kappa shape index (κ3) is 3.85. The minimum Gasteiger partial charge on any atom is -0.234 e. The van der Waals surface area contributed by atoms with Gasteiger partial charge in [-0.15, -0.1) is 11.3 Å². The van der Waals surface area contributed by atoms with Crippen molar-refractivity contribution in [2.24, 2.45) is 4.40 Å². The van der Waals surface area contributed by atoms with Crippen LogP contribution in [0.15, 0.2) is 46.9 Å². The Morgan fingerprint density at radius 3 is 2.42 bits per heavy atom. The molecule has 0 amide bonds. The molecule has 100 valence electrons. The number of rotatable bonds is 3. The Kier molecular flexibility index (Phi) is 4.32. The van der Waals surface area contributed by atoms with Gasteiger partial charge in [-0.25, -0.2) is 4.21 Å². The summed E-state index contributed by atoms with van der Waals surface area (Å²) in [5.41, 5.74) is 1.20. The smallest absolute Gasteiger partial charge is 0.144 e. The van der Waals surface area contributed by atoms with E-state index in [4.69, 9.17) is 0 Å². The Bertz CT molecular complexity index is 594. The quantitative estimate of drug-likeness (QED) is 0.775. The van der Waals surface area contributed by atoms with E-state index in [1.807, 2.05) is 45.0 Å². The first-order valence-corrected chi connectivity index (χ1v) is 8.00. The SMILES string of the molecule is CC(C)(C)[S@](=O)/N=C/c1ccc(-c2ccccc2)s1. The molecule has 0 aliphatic carbocycles. The number of hydrogen-bond donors (Lipinski definition) is 0. The molecule has 0 aliphatic rings. The molecule has 19 heavy (non-hydrogen) atoms. The number of nitrogens with zero attached hydrogens (tertiary/aromatic N) is 1. The van der Waals surface area contributed by atoms with Crippen LogP contribution in [0.1, 0.15) is 25.6 Å². The van der Waals surface area contributed by atoms with Gasteiger partial charge in [0, 0.05) is 9.75 Å². The maximum Gasteiger partial charge on any atom is 0.144 e. The second-order valence-corrected chi connectivity index (χ2v) is 8.21. The number of hydrogen-bond acceptors (Lipinski definition) is 2. The summed E-state index contributed by atoms with van der Waals surface area (Å²) in [7, 11) is -1.20. The molecule has 0 saturated heterocycles. The predicted octanol–water partition coefficient (Wildman–Crippen LogP) is 4.30. The van der Waals surface area contributed by atoms with Gasteiger partial charge in [-0.1, -0.05) is 30.3 Å². The van der Waals surface area contributed by atoms with Crippen LogP contribution in [0.25, 0.3) is 10.4 Å². The van der Waals surface area contributed by atoms with Crippen LogP contribution in [0.5, 0.6) is 0 Å². The molecule has 1 atom stereocenters. The van der Waals surface area contributed by atoms with Crippen LogP contribution in [0.3, 0.4) is 0 Å². The molecule has 0 unspecified atom stereocenters. The zero-order valence-corrected chi connectivity index (χ0v) is 12.9. The van der Waals surface area contributed by atoms with E-state index < -0.39 is 11.0 Å². The van der Waals surface area contributed by atoms with Crippen molar-refractivity contribution >= 4 is 28.5 Å². The maximum absolute atomic E-state index is 11.8. The fourth-order valence-corrected chi connectivity index (χ4v) is 2.92. The first-order valence-electron chi connectivity index (χ1n) is 6.08. The van der Waals surface area contributed by atoms with Crippen molar-refractivity contribution in [2.75, 3.05) is 0 Å². The highest BCUT2D eigenvalue weighted by Gasteiger charge is 2.18. The Morgan fingerprint density at radius 1 is 1.11 bits per heavy atom. The molecule has 2 rings (SSSR count). The van der Waals surface area contributed by atoms with Crippen molar-refractivity contribution in [3.05, 3.63) is 47.3 Å². The monoisotopic (exact) mass is 291 g/mol. The van der Waals surface area contributed by atoms with Crippen LogP contribution in [0.4, 0.5) is 0 Å². The van der Waals surface area contributed by atoms with Crippen LogP contribution >= 0.6 is 11.3 Å². The Labute approximate surface area is 120 Å². The van der Waals surface area contributed by atoms with Crippen LogP contribution in [0.2, 0.25) is 0 Å². The van der Waals surface area contributed by atoms with Crippen LogP contribution in [0, 0.1) is 0 Å². The molecule has 0 aliphatic heterocycles. The summed E-state index contributed by atoms with van der Waals surface area (Å²) < 4.78 is 15.7. The fourth-order valence-electron chi connectivity index (χ4n) is 1.44. The van der Waals surface area contributed by atoms with Gasteiger partial charge in [-0.2, -0.15) is 4.40 Å². The van der Waals surface area contributed by atoms with Crippen molar-refractivity contribution in [1.82, 2.24) is 0 Å². The molecular weight excluding hydrogens is 274 g/mol. The van der Waals surface area contributed by atoms with Crippen LogP contribution in [-0.4, -0.2) is 15.2 Å².